The van der Waals surface area contributed by atoms with Crippen LogP contribution >= 0.6 is 23.4 Å². The number of halogens is 1. The van der Waals surface area contributed by atoms with E-state index < -0.39 is 0 Å². The lowest BCUT2D eigenvalue weighted by Crippen LogP contribution is -2.43. The third-order valence-corrected chi connectivity index (χ3v) is 5.48. The van der Waals surface area contributed by atoms with E-state index in [1.165, 1.54) is 0 Å². The topological polar surface area (TPSA) is 61.6 Å². The number of esters is 1. The second-order valence-electron chi connectivity index (χ2n) is 5.59. The van der Waals surface area contributed by atoms with Crippen LogP contribution in [0, 0.1) is 0 Å². The fourth-order valence-electron chi connectivity index (χ4n) is 2.88. The Kier molecular flexibility index (Phi) is 4.33. The first kappa shape index (κ1) is 15.0. The smallest absolute Gasteiger partial charge is 0.340 e. The molecule has 2 heterocycles. The first-order valence-electron chi connectivity index (χ1n) is 7.06. The van der Waals surface area contributed by atoms with Gasteiger partial charge in [0.05, 0.1) is 17.8 Å². The Hall–Kier alpha value is -0.910. The second kappa shape index (κ2) is 6.07. The fourth-order valence-corrected chi connectivity index (χ4v) is 4.44. The quantitative estimate of drug-likeness (QED) is 0.668. The lowest BCUT2D eigenvalue weighted by atomic mass is 9.91. The highest BCUT2D eigenvalue weighted by molar-refractivity contribution is 7.99. The van der Waals surface area contributed by atoms with Crippen LogP contribution in [0.3, 0.4) is 0 Å². The Morgan fingerprint density at radius 2 is 2.38 bits per heavy atom. The van der Waals surface area contributed by atoms with Gasteiger partial charge in [-0.15, -0.1) is 0 Å². The molecule has 1 spiro atoms. The van der Waals surface area contributed by atoms with E-state index in [4.69, 9.17) is 26.8 Å². The number of carbonyl (C=O) groups is 1. The average Bonchev–Trinajstić information content (AvgIpc) is 2.86. The van der Waals surface area contributed by atoms with Crippen molar-refractivity contribution >= 4 is 35.0 Å². The van der Waals surface area contributed by atoms with Gasteiger partial charge in [0, 0.05) is 29.3 Å². The molecule has 2 N–H and O–H groups in total. The number of hydrogen-bond acceptors (Lipinski definition) is 5. The molecule has 0 aromatic heterocycles. The van der Waals surface area contributed by atoms with Crippen molar-refractivity contribution in [3.8, 4) is 0 Å². The highest BCUT2D eigenvalue weighted by Gasteiger charge is 2.41. The van der Waals surface area contributed by atoms with Gasteiger partial charge < -0.3 is 15.2 Å². The van der Waals surface area contributed by atoms with Crippen LogP contribution in [-0.4, -0.2) is 35.8 Å². The van der Waals surface area contributed by atoms with Gasteiger partial charge >= 0.3 is 5.97 Å². The SMILES string of the molecule is Nc1cc(Cl)ccc1C(=O)OC1CCOC2(CCSC2)C1. The lowest BCUT2D eigenvalue weighted by Gasteiger charge is -2.37. The number of rotatable bonds is 2. The minimum absolute atomic E-state index is 0.0972. The van der Waals surface area contributed by atoms with Crippen molar-refractivity contribution < 1.29 is 14.3 Å². The number of ether oxygens (including phenoxy) is 2. The summed E-state index contributed by atoms with van der Waals surface area (Å²) in [6.45, 7) is 0.647. The Bertz CT molecular complexity index is 546. The van der Waals surface area contributed by atoms with E-state index in [0.29, 0.717) is 22.9 Å². The van der Waals surface area contributed by atoms with Crippen LogP contribution in [0.1, 0.15) is 29.6 Å². The Morgan fingerprint density at radius 3 is 3.10 bits per heavy atom. The maximum absolute atomic E-state index is 12.3. The summed E-state index contributed by atoms with van der Waals surface area (Å²) < 4.78 is 11.6. The summed E-state index contributed by atoms with van der Waals surface area (Å²) in [5.41, 5.74) is 6.46. The van der Waals surface area contributed by atoms with Crippen molar-refractivity contribution in [2.75, 3.05) is 23.8 Å². The molecule has 21 heavy (non-hydrogen) atoms. The third kappa shape index (κ3) is 3.30. The van der Waals surface area contributed by atoms with Crippen LogP contribution < -0.4 is 5.73 Å². The maximum atomic E-state index is 12.3. The van der Waals surface area contributed by atoms with Crippen LogP contribution in [0.15, 0.2) is 18.2 Å². The molecule has 2 atom stereocenters. The predicted octanol–water partition coefficient (Wildman–Crippen LogP) is 3.13. The zero-order valence-electron chi connectivity index (χ0n) is 11.6. The normalized spacial score (nSPS) is 28.7. The first-order valence-corrected chi connectivity index (χ1v) is 8.59. The molecule has 0 saturated carbocycles. The summed E-state index contributed by atoms with van der Waals surface area (Å²) in [6.07, 6.45) is 2.46. The van der Waals surface area contributed by atoms with Crippen LogP contribution in [0.4, 0.5) is 5.69 Å². The predicted molar refractivity (Wildman–Crippen MR) is 84.9 cm³/mol. The number of benzene rings is 1. The first-order chi connectivity index (χ1) is 10.1. The monoisotopic (exact) mass is 327 g/mol. The van der Waals surface area contributed by atoms with E-state index in [1.807, 2.05) is 11.8 Å². The summed E-state index contributed by atoms with van der Waals surface area (Å²) in [5.74, 6) is 1.73. The molecule has 114 valence electrons. The molecule has 1 aromatic rings. The van der Waals surface area contributed by atoms with Crippen LogP contribution in [0.2, 0.25) is 5.02 Å². The summed E-state index contributed by atoms with van der Waals surface area (Å²) >= 11 is 7.75. The van der Waals surface area contributed by atoms with Gasteiger partial charge in [-0.25, -0.2) is 4.79 Å². The summed E-state index contributed by atoms with van der Waals surface area (Å²) in [4.78, 5) is 12.3. The lowest BCUT2D eigenvalue weighted by molar-refractivity contribution is -0.106. The number of thioether (sulfide) groups is 1. The highest BCUT2D eigenvalue weighted by Crippen LogP contribution is 2.39. The maximum Gasteiger partial charge on any atom is 0.340 e. The van der Waals surface area contributed by atoms with E-state index in [-0.39, 0.29) is 17.7 Å². The van der Waals surface area contributed by atoms with E-state index in [9.17, 15) is 4.79 Å². The number of hydrogen-bond donors (Lipinski definition) is 1. The fraction of sp³-hybridized carbons (Fsp3) is 0.533. The largest absolute Gasteiger partial charge is 0.459 e. The minimum Gasteiger partial charge on any atom is -0.459 e. The Labute approximate surface area is 133 Å². The number of anilines is 1. The zero-order chi connectivity index (χ0) is 14.9. The van der Waals surface area contributed by atoms with Crippen LogP contribution in [-0.2, 0) is 9.47 Å². The molecule has 0 radical (unpaired) electrons. The molecule has 0 bridgehead atoms. The Morgan fingerprint density at radius 1 is 1.52 bits per heavy atom. The third-order valence-electron chi connectivity index (χ3n) is 4.02. The molecular formula is C15H18ClNO3S. The van der Waals surface area contributed by atoms with Crippen molar-refractivity contribution in [1.82, 2.24) is 0 Å². The molecule has 4 nitrogen and oxygen atoms in total. The molecule has 2 unspecified atom stereocenters. The van der Waals surface area contributed by atoms with Crippen molar-refractivity contribution in [1.29, 1.82) is 0 Å². The van der Waals surface area contributed by atoms with Gasteiger partial charge in [0.25, 0.3) is 0 Å². The molecule has 2 aliphatic heterocycles. The molecule has 3 rings (SSSR count). The van der Waals surface area contributed by atoms with E-state index in [1.54, 1.807) is 18.2 Å². The number of nitrogen functional groups attached to an aromatic ring is 1. The van der Waals surface area contributed by atoms with Gasteiger partial charge in [-0.3, -0.25) is 0 Å². The number of nitrogens with two attached hydrogens (primary N) is 1. The van der Waals surface area contributed by atoms with Gasteiger partial charge in [-0.1, -0.05) is 11.6 Å². The molecule has 2 saturated heterocycles. The van der Waals surface area contributed by atoms with Gasteiger partial charge in [-0.2, -0.15) is 11.8 Å². The van der Waals surface area contributed by atoms with Crippen molar-refractivity contribution in [3.63, 3.8) is 0 Å². The Balaban J connectivity index is 1.67. The van der Waals surface area contributed by atoms with Crippen LogP contribution in [0.5, 0.6) is 0 Å². The highest BCUT2D eigenvalue weighted by atomic mass is 35.5. The van der Waals surface area contributed by atoms with Gasteiger partial charge in [0.1, 0.15) is 6.10 Å². The van der Waals surface area contributed by atoms with E-state index in [0.717, 1.165) is 30.8 Å². The molecular weight excluding hydrogens is 310 g/mol. The van der Waals surface area contributed by atoms with E-state index >= 15 is 0 Å². The van der Waals surface area contributed by atoms with Crippen molar-refractivity contribution in [3.05, 3.63) is 28.8 Å². The summed E-state index contributed by atoms with van der Waals surface area (Å²) in [5, 5.41) is 0.511. The number of carbonyl (C=O) groups excluding carboxylic acids is 1. The van der Waals surface area contributed by atoms with E-state index in [2.05, 4.69) is 0 Å². The van der Waals surface area contributed by atoms with Gasteiger partial charge in [0.2, 0.25) is 0 Å². The van der Waals surface area contributed by atoms with Crippen molar-refractivity contribution in [2.24, 2.45) is 0 Å². The minimum atomic E-state index is -0.378. The molecule has 2 fully saturated rings. The summed E-state index contributed by atoms with van der Waals surface area (Å²) in [7, 11) is 0. The second-order valence-corrected chi connectivity index (χ2v) is 7.13. The molecule has 0 aliphatic carbocycles. The average molecular weight is 328 g/mol. The van der Waals surface area contributed by atoms with Gasteiger partial charge in [-0.05, 0) is 30.4 Å². The zero-order valence-corrected chi connectivity index (χ0v) is 13.2. The van der Waals surface area contributed by atoms with Crippen molar-refractivity contribution in [2.45, 2.75) is 31.0 Å². The summed E-state index contributed by atoms with van der Waals surface area (Å²) in [6, 6.07) is 4.82. The molecule has 1 aromatic carbocycles. The molecule has 6 heteroatoms. The van der Waals surface area contributed by atoms with Gasteiger partial charge in [0.15, 0.2) is 0 Å². The molecule has 2 aliphatic rings. The molecule has 0 amide bonds. The standard InChI is InChI=1S/C15H18ClNO3S/c16-10-1-2-12(13(17)7-10)14(18)20-11-3-5-19-15(8-11)4-6-21-9-15/h1-2,7,11H,3-6,8-9,17H2. The van der Waals surface area contributed by atoms with Crippen LogP contribution in [0.25, 0.3) is 0 Å².